The van der Waals surface area contributed by atoms with Gasteiger partial charge < -0.3 is 5.32 Å². The highest BCUT2D eigenvalue weighted by molar-refractivity contribution is 5.80. The summed E-state index contributed by atoms with van der Waals surface area (Å²) >= 11 is 0. The molecule has 3 rings (SSSR count). The van der Waals surface area contributed by atoms with Gasteiger partial charge in [0.2, 0.25) is 5.91 Å². The molecule has 1 amide bonds. The van der Waals surface area contributed by atoms with Crippen LogP contribution in [0.25, 0.3) is 0 Å². The van der Waals surface area contributed by atoms with Crippen molar-refractivity contribution in [2.75, 3.05) is 0 Å². The molecule has 0 spiro atoms. The summed E-state index contributed by atoms with van der Waals surface area (Å²) in [6, 6.07) is 23.6. The zero-order valence-electron chi connectivity index (χ0n) is 15.0. The van der Waals surface area contributed by atoms with Crippen LogP contribution < -0.4 is 5.32 Å². The SMILES string of the molecule is Cc1ccc([C@@H](NC(=O)Cc2ccccc2[N+](=O)[O-])c2ccccc2)cc1. The van der Waals surface area contributed by atoms with E-state index in [1.54, 1.807) is 18.2 Å². The number of nitro groups is 1. The molecule has 136 valence electrons. The lowest BCUT2D eigenvalue weighted by molar-refractivity contribution is -0.385. The Morgan fingerprint density at radius 2 is 1.52 bits per heavy atom. The van der Waals surface area contributed by atoms with Gasteiger partial charge in [-0.2, -0.15) is 0 Å². The molecule has 1 atom stereocenters. The highest BCUT2D eigenvalue weighted by Crippen LogP contribution is 2.23. The molecule has 0 aromatic heterocycles. The second-order valence-electron chi connectivity index (χ2n) is 6.38. The van der Waals surface area contributed by atoms with E-state index in [1.807, 2.05) is 61.5 Å². The predicted octanol–water partition coefficient (Wildman–Crippen LogP) is 4.35. The summed E-state index contributed by atoms with van der Waals surface area (Å²) in [6.45, 7) is 2.01. The van der Waals surface area contributed by atoms with Crippen molar-refractivity contribution < 1.29 is 9.72 Å². The summed E-state index contributed by atoms with van der Waals surface area (Å²) in [6.07, 6.45) is -0.0493. The van der Waals surface area contributed by atoms with Crippen molar-refractivity contribution in [3.63, 3.8) is 0 Å². The van der Waals surface area contributed by atoms with Crippen molar-refractivity contribution in [1.82, 2.24) is 5.32 Å². The quantitative estimate of drug-likeness (QED) is 0.525. The van der Waals surface area contributed by atoms with E-state index >= 15 is 0 Å². The van der Waals surface area contributed by atoms with Crippen LogP contribution in [0.2, 0.25) is 0 Å². The van der Waals surface area contributed by atoms with Crippen molar-refractivity contribution in [3.05, 3.63) is 111 Å². The maximum absolute atomic E-state index is 12.7. The summed E-state index contributed by atoms with van der Waals surface area (Å²) in [4.78, 5) is 23.4. The minimum absolute atomic E-state index is 0.0424. The molecule has 0 unspecified atom stereocenters. The second-order valence-corrected chi connectivity index (χ2v) is 6.38. The van der Waals surface area contributed by atoms with Crippen LogP contribution in [-0.2, 0) is 11.2 Å². The Morgan fingerprint density at radius 3 is 2.19 bits per heavy atom. The third kappa shape index (κ3) is 4.58. The van der Waals surface area contributed by atoms with Crippen LogP contribution in [0, 0.1) is 17.0 Å². The number of para-hydroxylation sites is 1. The van der Waals surface area contributed by atoms with Crippen molar-refractivity contribution in [1.29, 1.82) is 0 Å². The summed E-state index contributed by atoms with van der Waals surface area (Å²) in [5.74, 6) is -0.265. The first-order valence-corrected chi connectivity index (χ1v) is 8.68. The summed E-state index contributed by atoms with van der Waals surface area (Å²) < 4.78 is 0. The number of nitrogens with zero attached hydrogens (tertiary/aromatic N) is 1. The van der Waals surface area contributed by atoms with Gasteiger partial charge in [-0.25, -0.2) is 0 Å². The molecule has 3 aromatic rings. The normalized spacial score (nSPS) is 11.6. The number of amides is 1. The fraction of sp³-hybridized carbons (Fsp3) is 0.136. The van der Waals surface area contributed by atoms with E-state index in [0.717, 1.165) is 16.7 Å². The van der Waals surface area contributed by atoms with Gasteiger partial charge in [-0.1, -0.05) is 78.4 Å². The van der Waals surface area contributed by atoms with Gasteiger partial charge in [-0.15, -0.1) is 0 Å². The Kier molecular flexibility index (Phi) is 5.61. The highest BCUT2D eigenvalue weighted by atomic mass is 16.6. The lowest BCUT2D eigenvalue weighted by Crippen LogP contribution is -2.30. The van der Waals surface area contributed by atoms with Crippen LogP contribution in [0.3, 0.4) is 0 Å². The highest BCUT2D eigenvalue weighted by Gasteiger charge is 2.20. The van der Waals surface area contributed by atoms with Gasteiger partial charge >= 0.3 is 0 Å². The Bertz CT molecular complexity index is 937. The van der Waals surface area contributed by atoms with Gasteiger partial charge in [0.1, 0.15) is 0 Å². The van der Waals surface area contributed by atoms with Crippen molar-refractivity contribution >= 4 is 11.6 Å². The first-order chi connectivity index (χ1) is 13.0. The van der Waals surface area contributed by atoms with E-state index in [0.29, 0.717) is 5.56 Å². The van der Waals surface area contributed by atoms with Crippen molar-refractivity contribution in [2.45, 2.75) is 19.4 Å². The number of benzene rings is 3. The fourth-order valence-corrected chi connectivity index (χ4v) is 2.99. The van der Waals surface area contributed by atoms with Gasteiger partial charge in [0, 0.05) is 11.6 Å². The van der Waals surface area contributed by atoms with E-state index in [2.05, 4.69) is 5.32 Å². The van der Waals surface area contributed by atoms with Crippen LogP contribution in [0.5, 0.6) is 0 Å². The van der Waals surface area contributed by atoms with E-state index in [1.165, 1.54) is 6.07 Å². The molecule has 0 bridgehead atoms. The summed E-state index contributed by atoms with van der Waals surface area (Å²) in [5, 5.41) is 14.2. The third-order valence-electron chi connectivity index (χ3n) is 4.39. The summed E-state index contributed by atoms with van der Waals surface area (Å²) in [5.41, 5.74) is 3.41. The predicted molar refractivity (Wildman–Crippen MR) is 104 cm³/mol. The molecule has 0 aliphatic heterocycles. The topological polar surface area (TPSA) is 72.2 Å². The minimum atomic E-state index is -0.461. The maximum atomic E-state index is 12.7. The Balaban J connectivity index is 1.85. The summed E-state index contributed by atoms with van der Waals surface area (Å²) in [7, 11) is 0. The van der Waals surface area contributed by atoms with Gasteiger partial charge in [0.25, 0.3) is 5.69 Å². The van der Waals surface area contributed by atoms with Gasteiger partial charge in [-0.3, -0.25) is 14.9 Å². The number of rotatable bonds is 6. The third-order valence-corrected chi connectivity index (χ3v) is 4.39. The number of carbonyl (C=O) groups excluding carboxylic acids is 1. The molecular weight excluding hydrogens is 340 g/mol. The lowest BCUT2D eigenvalue weighted by Gasteiger charge is -2.20. The average Bonchev–Trinajstić information content (AvgIpc) is 2.68. The second kappa shape index (κ2) is 8.27. The van der Waals surface area contributed by atoms with Gasteiger partial charge in [-0.05, 0) is 18.1 Å². The molecule has 0 aliphatic carbocycles. The fourth-order valence-electron chi connectivity index (χ4n) is 2.99. The molecule has 0 saturated heterocycles. The maximum Gasteiger partial charge on any atom is 0.273 e. The standard InChI is InChI=1S/C22H20N2O3/c1-16-11-13-18(14-12-16)22(17-7-3-2-4-8-17)23-21(25)15-19-9-5-6-10-20(19)24(26)27/h2-14,22H,15H2,1H3,(H,23,25)/t22-/m0/s1. The Hall–Kier alpha value is -3.47. The zero-order valence-corrected chi connectivity index (χ0v) is 15.0. The number of nitrogens with one attached hydrogen (secondary N) is 1. The molecule has 0 heterocycles. The molecule has 0 radical (unpaired) electrons. The van der Waals surface area contributed by atoms with Crippen LogP contribution in [-0.4, -0.2) is 10.8 Å². The van der Waals surface area contributed by atoms with E-state index in [9.17, 15) is 14.9 Å². The van der Waals surface area contributed by atoms with Crippen LogP contribution in [0.15, 0.2) is 78.9 Å². The van der Waals surface area contributed by atoms with Crippen molar-refractivity contribution in [2.24, 2.45) is 0 Å². The number of hydrogen-bond donors (Lipinski definition) is 1. The van der Waals surface area contributed by atoms with Crippen LogP contribution in [0.1, 0.15) is 28.3 Å². The first kappa shape index (κ1) is 18.3. The lowest BCUT2D eigenvalue weighted by atomic mass is 9.97. The molecule has 27 heavy (non-hydrogen) atoms. The van der Waals surface area contributed by atoms with Gasteiger partial charge in [0.05, 0.1) is 17.4 Å². The average molecular weight is 360 g/mol. The van der Waals surface area contributed by atoms with Crippen LogP contribution >= 0.6 is 0 Å². The van der Waals surface area contributed by atoms with E-state index in [4.69, 9.17) is 0 Å². The van der Waals surface area contributed by atoms with Crippen LogP contribution in [0.4, 0.5) is 5.69 Å². The molecule has 0 fully saturated rings. The molecule has 5 heteroatoms. The number of hydrogen-bond acceptors (Lipinski definition) is 3. The number of nitro benzene ring substituents is 1. The Labute approximate surface area is 157 Å². The number of aryl methyl sites for hydroxylation is 1. The van der Waals surface area contributed by atoms with E-state index in [-0.39, 0.29) is 24.1 Å². The van der Waals surface area contributed by atoms with Gasteiger partial charge in [0.15, 0.2) is 0 Å². The smallest absolute Gasteiger partial charge is 0.273 e. The molecule has 0 aliphatic rings. The largest absolute Gasteiger partial charge is 0.345 e. The monoisotopic (exact) mass is 360 g/mol. The van der Waals surface area contributed by atoms with Crippen molar-refractivity contribution in [3.8, 4) is 0 Å². The van der Waals surface area contributed by atoms with E-state index < -0.39 is 4.92 Å². The molecule has 5 nitrogen and oxygen atoms in total. The minimum Gasteiger partial charge on any atom is -0.345 e. The molecule has 0 saturated carbocycles. The first-order valence-electron chi connectivity index (χ1n) is 8.68. The Morgan fingerprint density at radius 1 is 0.926 bits per heavy atom. The molecule has 3 aromatic carbocycles. The molecular formula is C22H20N2O3. The number of carbonyl (C=O) groups is 1. The zero-order chi connectivity index (χ0) is 19.2. The molecule has 1 N–H and O–H groups in total.